The first kappa shape index (κ1) is 29.1. The van der Waals surface area contributed by atoms with Crippen LogP contribution in [0.5, 0.6) is 0 Å². The molecule has 2 amide bonds. The van der Waals surface area contributed by atoms with Gasteiger partial charge in [-0.3, -0.25) is 14.4 Å². The first-order valence-corrected chi connectivity index (χ1v) is 14.6. The number of aromatic nitrogens is 1. The van der Waals surface area contributed by atoms with Crippen molar-refractivity contribution in [3.63, 3.8) is 0 Å². The number of rotatable bonds is 12. The Kier molecular flexibility index (Phi) is 10.0. The van der Waals surface area contributed by atoms with Crippen molar-refractivity contribution < 1.29 is 19.1 Å². The van der Waals surface area contributed by atoms with E-state index >= 15 is 0 Å². The lowest BCUT2D eigenvalue weighted by Crippen LogP contribution is -2.51. The van der Waals surface area contributed by atoms with E-state index in [4.69, 9.17) is 4.74 Å². The van der Waals surface area contributed by atoms with Gasteiger partial charge in [0.1, 0.15) is 12.6 Å². The lowest BCUT2D eigenvalue weighted by molar-refractivity contribution is -0.150. The summed E-state index contributed by atoms with van der Waals surface area (Å²) in [5.74, 6) is -1.54. The fourth-order valence-electron chi connectivity index (χ4n) is 5.43. The highest BCUT2D eigenvalue weighted by Crippen LogP contribution is 2.20. The summed E-state index contributed by atoms with van der Waals surface area (Å²) in [6.07, 6.45) is 4.11. The summed E-state index contributed by atoms with van der Waals surface area (Å²) in [7, 11) is 0. The van der Waals surface area contributed by atoms with Gasteiger partial charge in [0.05, 0.1) is 5.92 Å². The second kappa shape index (κ2) is 14.5. The van der Waals surface area contributed by atoms with Gasteiger partial charge in [0.15, 0.2) is 0 Å². The SMILES string of the molecule is O=C(NC(Cc1c[nH]c2ccccc12)C(=O)NCC(Cc1ccccc1)C(=O)OCc1ccccc1)C1CCNCC1. The quantitative estimate of drug-likeness (QED) is 0.194. The second-order valence-corrected chi connectivity index (χ2v) is 10.9. The van der Waals surface area contributed by atoms with E-state index < -0.39 is 12.0 Å². The number of piperidine rings is 1. The van der Waals surface area contributed by atoms with Crippen LogP contribution in [-0.4, -0.2) is 48.4 Å². The molecule has 2 unspecified atom stereocenters. The van der Waals surface area contributed by atoms with Gasteiger partial charge in [0.2, 0.25) is 11.8 Å². The number of aromatic amines is 1. The van der Waals surface area contributed by atoms with Gasteiger partial charge in [-0.15, -0.1) is 0 Å². The van der Waals surface area contributed by atoms with Crippen molar-refractivity contribution in [2.75, 3.05) is 19.6 Å². The van der Waals surface area contributed by atoms with Crippen LogP contribution >= 0.6 is 0 Å². The highest BCUT2D eigenvalue weighted by molar-refractivity contribution is 5.90. The molecule has 0 saturated carbocycles. The molecule has 8 heteroatoms. The minimum Gasteiger partial charge on any atom is -0.461 e. The van der Waals surface area contributed by atoms with Crippen LogP contribution in [0.1, 0.15) is 29.5 Å². The molecule has 1 aliphatic rings. The number of hydrogen-bond donors (Lipinski definition) is 4. The highest BCUT2D eigenvalue weighted by Gasteiger charge is 2.29. The maximum atomic E-state index is 13.7. The van der Waals surface area contributed by atoms with E-state index in [0.717, 1.165) is 53.5 Å². The topological polar surface area (TPSA) is 112 Å². The van der Waals surface area contributed by atoms with Crippen molar-refractivity contribution in [3.8, 4) is 0 Å². The highest BCUT2D eigenvalue weighted by atomic mass is 16.5. The predicted molar refractivity (Wildman–Crippen MR) is 162 cm³/mol. The first-order chi connectivity index (χ1) is 20.6. The van der Waals surface area contributed by atoms with Crippen LogP contribution < -0.4 is 16.0 Å². The number of hydrogen-bond acceptors (Lipinski definition) is 5. The zero-order valence-electron chi connectivity index (χ0n) is 23.7. The monoisotopic (exact) mass is 566 g/mol. The molecule has 8 nitrogen and oxygen atoms in total. The average molecular weight is 567 g/mol. The standard InChI is InChI=1S/C34H38N4O4/c39-32(26-15-17-35-18-16-26)38-31(20-27-21-36-30-14-8-7-13-29(27)30)33(40)37-22-28(19-24-9-3-1-4-10-24)34(41)42-23-25-11-5-2-6-12-25/h1-14,21,26,28,31,35-36H,15-20,22-23H2,(H,37,40)(H,38,39). The number of esters is 1. The van der Waals surface area contributed by atoms with E-state index in [0.29, 0.717) is 12.8 Å². The first-order valence-electron chi connectivity index (χ1n) is 14.6. The maximum Gasteiger partial charge on any atom is 0.311 e. The Hall–Kier alpha value is -4.43. The van der Waals surface area contributed by atoms with E-state index in [9.17, 15) is 14.4 Å². The van der Waals surface area contributed by atoms with Gasteiger partial charge in [-0.1, -0.05) is 78.9 Å². The van der Waals surface area contributed by atoms with Crippen molar-refractivity contribution in [2.45, 2.75) is 38.3 Å². The Balaban J connectivity index is 1.29. The number of H-pyrrole nitrogens is 1. The van der Waals surface area contributed by atoms with Crippen molar-refractivity contribution in [1.82, 2.24) is 20.9 Å². The zero-order valence-corrected chi connectivity index (χ0v) is 23.7. The van der Waals surface area contributed by atoms with Gasteiger partial charge < -0.3 is 25.7 Å². The summed E-state index contributed by atoms with van der Waals surface area (Å²) in [4.78, 5) is 43.4. The van der Waals surface area contributed by atoms with E-state index in [1.165, 1.54) is 0 Å². The Morgan fingerprint density at radius 2 is 1.50 bits per heavy atom. The van der Waals surface area contributed by atoms with Crippen LogP contribution in [0.25, 0.3) is 10.9 Å². The Morgan fingerprint density at radius 1 is 0.833 bits per heavy atom. The molecule has 1 fully saturated rings. The van der Waals surface area contributed by atoms with Crippen LogP contribution in [0.3, 0.4) is 0 Å². The lowest BCUT2D eigenvalue weighted by atomic mass is 9.96. The number of fused-ring (bicyclic) bond motifs is 1. The van der Waals surface area contributed by atoms with E-state index in [2.05, 4.69) is 20.9 Å². The van der Waals surface area contributed by atoms with Crippen molar-refractivity contribution in [2.24, 2.45) is 11.8 Å². The van der Waals surface area contributed by atoms with Gasteiger partial charge in [-0.05, 0) is 55.1 Å². The molecule has 0 spiro atoms. The van der Waals surface area contributed by atoms with Gasteiger partial charge >= 0.3 is 5.97 Å². The molecule has 0 radical (unpaired) electrons. The van der Waals surface area contributed by atoms with Gasteiger partial charge in [-0.2, -0.15) is 0 Å². The molecule has 1 aromatic heterocycles. The molecule has 5 rings (SSSR count). The normalized spacial score (nSPS) is 15.0. The Bertz CT molecular complexity index is 1460. The van der Waals surface area contributed by atoms with E-state index in [1.807, 2.05) is 91.1 Å². The minimum atomic E-state index is -0.788. The molecule has 2 heterocycles. The molecule has 0 bridgehead atoms. The molecule has 2 atom stereocenters. The van der Waals surface area contributed by atoms with Gasteiger partial charge in [0, 0.05) is 36.0 Å². The molecule has 4 aromatic rings. The Labute approximate surface area is 246 Å². The Morgan fingerprint density at radius 3 is 2.24 bits per heavy atom. The maximum absolute atomic E-state index is 13.7. The van der Waals surface area contributed by atoms with E-state index in [-0.39, 0.29) is 36.9 Å². The summed E-state index contributed by atoms with van der Waals surface area (Å²) in [5.41, 5.74) is 3.79. The summed E-state index contributed by atoms with van der Waals surface area (Å²) in [5, 5.41) is 10.3. The van der Waals surface area contributed by atoms with Crippen LogP contribution in [0.15, 0.2) is 91.1 Å². The lowest BCUT2D eigenvalue weighted by Gasteiger charge is -2.25. The van der Waals surface area contributed by atoms with Crippen molar-refractivity contribution in [3.05, 3.63) is 108 Å². The van der Waals surface area contributed by atoms with Crippen LogP contribution in [0.2, 0.25) is 0 Å². The predicted octanol–water partition coefficient (Wildman–Crippen LogP) is 3.91. The fourth-order valence-corrected chi connectivity index (χ4v) is 5.43. The summed E-state index contributed by atoms with van der Waals surface area (Å²) >= 11 is 0. The third-order valence-electron chi connectivity index (χ3n) is 7.85. The number of carbonyl (C=O) groups is 3. The largest absolute Gasteiger partial charge is 0.461 e. The molecule has 4 N–H and O–H groups in total. The number of nitrogens with one attached hydrogen (secondary N) is 4. The molecule has 3 aromatic carbocycles. The van der Waals surface area contributed by atoms with Gasteiger partial charge in [-0.25, -0.2) is 0 Å². The molecular weight excluding hydrogens is 528 g/mol. The molecule has 0 aliphatic carbocycles. The summed E-state index contributed by atoms with van der Waals surface area (Å²) in [6.45, 7) is 1.82. The minimum absolute atomic E-state index is 0.0922. The van der Waals surface area contributed by atoms with Crippen LogP contribution in [0.4, 0.5) is 0 Å². The molecule has 1 aliphatic heterocycles. The van der Waals surface area contributed by atoms with Gasteiger partial charge in [0.25, 0.3) is 0 Å². The van der Waals surface area contributed by atoms with Crippen LogP contribution in [0, 0.1) is 11.8 Å². The molecule has 1 saturated heterocycles. The number of ether oxygens (including phenoxy) is 1. The van der Waals surface area contributed by atoms with Crippen LogP contribution in [-0.2, 0) is 38.6 Å². The molecule has 42 heavy (non-hydrogen) atoms. The van der Waals surface area contributed by atoms with Crippen molar-refractivity contribution in [1.29, 1.82) is 0 Å². The average Bonchev–Trinajstić information content (AvgIpc) is 3.45. The van der Waals surface area contributed by atoms with Crippen molar-refractivity contribution >= 4 is 28.7 Å². The number of amides is 2. The summed E-state index contributed by atoms with van der Waals surface area (Å²) < 4.78 is 5.66. The molecule has 218 valence electrons. The second-order valence-electron chi connectivity index (χ2n) is 10.9. The van der Waals surface area contributed by atoms with E-state index in [1.54, 1.807) is 0 Å². The smallest absolute Gasteiger partial charge is 0.311 e. The third kappa shape index (κ3) is 7.85. The third-order valence-corrected chi connectivity index (χ3v) is 7.85. The zero-order chi connectivity index (χ0) is 29.1. The molecular formula is C34H38N4O4. The number of para-hydroxylation sites is 1. The number of carbonyl (C=O) groups excluding carboxylic acids is 3. The fraction of sp³-hybridized carbons (Fsp3) is 0.324. The summed E-state index contributed by atoms with van der Waals surface area (Å²) in [6, 6.07) is 26.3. The number of benzene rings is 3.